The summed E-state index contributed by atoms with van der Waals surface area (Å²) in [6.07, 6.45) is 0.182. The number of aryl methyl sites for hydroxylation is 1. The quantitative estimate of drug-likeness (QED) is 0.840. The van der Waals surface area contributed by atoms with Gasteiger partial charge in [-0.1, -0.05) is 18.2 Å². The summed E-state index contributed by atoms with van der Waals surface area (Å²) in [5.41, 5.74) is 8.40. The van der Waals surface area contributed by atoms with Gasteiger partial charge in [-0.3, -0.25) is 4.79 Å². The Morgan fingerprint density at radius 2 is 2.05 bits per heavy atom. The molecule has 2 rings (SSSR count). The molecular weight excluding hydrogens is 323 g/mol. The Morgan fingerprint density at radius 1 is 1.35 bits per heavy atom. The highest BCUT2D eigenvalue weighted by Gasteiger charge is 2.10. The minimum absolute atomic E-state index is 0.182. The number of rotatable bonds is 3. The van der Waals surface area contributed by atoms with Crippen LogP contribution in [0.1, 0.15) is 11.1 Å². The first-order valence-electron chi connectivity index (χ1n) is 6.06. The van der Waals surface area contributed by atoms with Gasteiger partial charge >= 0.3 is 0 Å². The van der Waals surface area contributed by atoms with Gasteiger partial charge in [0.2, 0.25) is 5.91 Å². The zero-order chi connectivity index (χ0) is 14.7. The number of para-hydroxylation sites is 1. The Morgan fingerprint density at radius 3 is 2.75 bits per heavy atom. The van der Waals surface area contributed by atoms with Gasteiger partial charge < -0.3 is 11.1 Å². The molecule has 0 fully saturated rings. The first-order valence-corrected chi connectivity index (χ1v) is 6.85. The van der Waals surface area contributed by atoms with Crippen molar-refractivity contribution in [3.05, 3.63) is 57.8 Å². The molecule has 0 aliphatic heterocycles. The van der Waals surface area contributed by atoms with Gasteiger partial charge in [0.1, 0.15) is 5.82 Å². The second-order valence-corrected chi connectivity index (χ2v) is 5.36. The molecule has 0 unspecified atom stereocenters. The molecule has 0 aliphatic rings. The molecule has 104 valence electrons. The van der Waals surface area contributed by atoms with E-state index in [2.05, 4.69) is 21.2 Å². The van der Waals surface area contributed by atoms with E-state index in [-0.39, 0.29) is 18.1 Å². The fourth-order valence-electron chi connectivity index (χ4n) is 1.84. The lowest BCUT2D eigenvalue weighted by Gasteiger charge is -2.10. The molecule has 0 spiro atoms. The number of carbonyl (C=O) groups is 1. The van der Waals surface area contributed by atoms with Crippen molar-refractivity contribution in [3.63, 3.8) is 0 Å². The molecule has 5 heteroatoms. The molecule has 0 saturated heterocycles. The second-order valence-electron chi connectivity index (χ2n) is 4.51. The van der Waals surface area contributed by atoms with E-state index in [0.717, 1.165) is 5.56 Å². The smallest absolute Gasteiger partial charge is 0.228 e. The zero-order valence-electron chi connectivity index (χ0n) is 10.9. The highest BCUT2D eigenvalue weighted by molar-refractivity contribution is 9.10. The summed E-state index contributed by atoms with van der Waals surface area (Å²) in [6.45, 7) is 1.74. The van der Waals surface area contributed by atoms with Crippen molar-refractivity contribution in [2.24, 2.45) is 0 Å². The van der Waals surface area contributed by atoms with Crippen LogP contribution < -0.4 is 11.1 Å². The monoisotopic (exact) mass is 336 g/mol. The van der Waals surface area contributed by atoms with Crippen molar-refractivity contribution in [3.8, 4) is 0 Å². The third-order valence-electron chi connectivity index (χ3n) is 2.95. The van der Waals surface area contributed by atoms with Crippen LogP contribution in [0.5, 0.6) is 0 Å². The van der Waals surface area contributed by atoms with Gasteiger partial charge in [-0.2, -0.15) is 0 Å². The number of nitrogen functional groups attached to an aromatic ring is 1. The van der Waals surface area contributed by atoms with Crippen molar-refractivity contribution < 1.29 is 9.18 Å². The van der Waals surface area contributed by atoms with E-state index in [9.17, 15) is 9.18 Å². The van der Waals surface area contributed by atoms with Crippen LogP contribution in [0.4, 0.5) is 15.8 Å². The standard InChI is InChI=1S/C15H14BrFN2O/c1-9-6-12(17)11(16)8-14(9)19-15(20)7-10-4-2-3-5-13(10)18/h2-6,8H,7,18H2,1H3,(H,19,20). The largest absolute Gasteiger partial charge is 0.398 e. The molecule has 0 bridgehead atoms. The predicted molar refractivity (Wildman–Crippen MR) is 82.0 cm³/mol. The molecule has 20 heavy (non-hydrogen) atoms. The number of nitrogens with two attached hydrogens (primary N) is 1. The Hall–Kier alpha value is -1.88. The van der Waals surface area contributed by atoms with Gasteiger partial charge in [0.15, 0.2) is 0 Å². The number of hydrogen-bond donors (Lipinski definition) is 2. The van der Waals surface area contributed by atoms with Gasteiger partial charge in [0, 0.05) is 11.4 Å². The summed E-state index contributed by atoms with van der Waals surface area (Å²) >= 11 is 3.10. The molecule has 3 nitrogen and oxygen atoms in total. The minimum atomic E-state index is -0.354. The van der Waals surface area contributed by atoms with E-state index >= 15 is 0 Å². The maximum atomic E-state index is 13.3. The Labute approximate surface area is 125 Å². The lowest BCUT2D eigenvalue weighted by molar-refractivity contribution is -0.115. The van der Waals surface area contributed by atoms with Crippen molar-refractivity contribution in [1.29, 1.82) is 0 Å². The highest BCUT2D eigenvalue weighted by atomic mass is 79.9. The Kier molecular flexibility index (Phi) is 4.39. The number of amides is 1. The van der Waals surface area contributed by atoms with Gasteiger partial charge in [-0.15, -0.1) is 0 Å². The lowest BCUT2D eigenvalue weighted by atomic mass is 10.1. The van der Waals surface area contributed by atoms with Crippen LogP contribution in [0.2, 0.25) is 0 Å². The number of hydrogen-bond acceptors (Lipinski definition) is 2. The first-order chi connectivity index (χ1) is 9.47. The van der Waals surface area contributed by atoms with Crippen LogP contribution in [-0.4, -0.2) is 5.91 Å². The highest BCUT2D eigenvalue weighted by Crippen LogP contribution is 2.24. The fourth-order valence-corrected chi connectivity index (χ4v) is 2.19. The molecule has 0 saturated carbocycles. The molecule has 0 heterocycles. The topological polar surface area (TPSA) is 55.1 Å². The van der Waals surface area contributed by atoms with Crippen molar-refractivity contribution in [1.82, 2.24) is 0 Å². The van der Waals surface area contributed by atoms with E-state index < -0.39 is 0 Å². The molecule has 3 N–H and O–H groups in total. The van der Waals surface area contributed by atoms with E-state index in [1.165, 1.54) is 6.07 Å². The number of anilines is 2. The van der Waals surface area contributed by atoms with Crippen LogP contribution in [0, 0.1) is 12.7 Å². The van der Waals surface area contributed by atoms with Gasteiger partial charge in [-0.25, -0.2) is 4.39 Å². The van der Waals surface area contributed by atoms with Crippen LogP contribution >= 0.6 is 15.9 Å². The first kappa shape index (κ1) is 14.5. The van der Waals surface area contributed by atoms with Crippen LogP contribution in [-0.2, 0) is 11.2 Å². The number of benzene rings is 2. The summed E-state index contributed by atoms with van der Waals surface area (Å²) in [7, 11) is 0. The fraction of sp³-hybridized carbons (Fsp3) is 0.133. The maximum Gasteiger partial charge on any atom is 0.228 e. The molecule has 1 amide bonds. The molecular formula is C15H14BrFN2O. The molecule has 0 aliphatic carbocycles. The molecule has 2 aromatic rings. The molecule has 2 aromatic carbocycles. The second kappa shape index (κ2) is 6.05. The zero-order valence-corrected chi connectivity index (χ0v) is 12.5. The van der Waals surface area contributed by atoms with Crippen LogP contribution in [0.3, 0.4) is 0 Å². The maximum absolute atomic E-state index is 13.3. The van der Waals surface area contributed by atoms with E-state index in [0.29, 0.717) is 21.4 Å². The van der Waals surface area contributed by atoms with E-state index in [1.807, 2.05) is 18.2 Å². The summed E-state index contributed by atoms with van der Waals surface area (Å²) in [5.74, 6) is -0.544. The van der Waals surface area contributed by atoms with Crippen LogP contribution in [0.15, 0.2) is 40.9 Å². The predicted octanol–water partition coefficient (Wildman–Crippen LogP) is 3.66. The average molecular weight is 337 g/mol. The summed E-state index contributed by atoms with van der Waals surface area (Å²) in [5, 5.41) is 2.76. The van der Waals surface area contributed by atoms with E-state index in [4.69, 9.17) is 5.73 Å². The lowest BCUT2D eigenvalue weighted by Crippen LogP contribution is -2.16. The number of nitrogens with one attached hydrogen (secondary N) is 1. The molecule has 0 atom stereocenters. The van der Waals surface area contributed by atoms with Crippen LogP contribution in [0.25, 0.3) is 0 Å². The summed E-state index contributed by atoms with van der Waals surface area (Å²) in [6, 6.07) is 10.1. The third kappa shape index (κ3) is 3.36. The van der Waals surface area contributed by atoms with E-state index in [1.54, 1.807) is 19.1 Å². The molecule has 0 aromatic heterocycles. The summed E-state index contributed by atoms with van der Waals surface area (Å²) in [4.78, 5) is 12.0. The third-order valence-corrected chi connectivity index (χ3v) is 3.56. The Balaban J connectivity index is 2.13. The van der Waals surface area contributed by atoms with Gasteiger partial charge in [0.25, 0.3) is 0 Å². The van der Waals surface area contributed by atoms with Gasteiger partial charge in [-0.05, 0) is 52.2 Å². The Bertz CT molecular complexity index is 658. The number of carbonyl (C=O) groups excluding carboxylic acids is 1. The van der Waals surface area contributed by atoms with Crippen molar-refractivity contribution in [2.75, 3.05) is 11.1 Å². The normalized spacial score (nSPS) is 10.3. The summed E-state index contributed by atoms with van der Waals surface area (Å²) < 4.78 is 13.6. The number of halogens is 2. The van der Waals surface area contributed by atoms with Crippen molar-refractivity contribution in [2.45, 2.75) is 13.3 Å². The average Bonchev–Trinajstić information content (AvgIpc) is 2.39. The molecule has 0 radical (unpaired) electrons. The van der Waals surface area contributed by atoms with Gasteiger partial charge in [0.05, 0.1) is 10.9 Å². The van der Waals surface area contributed by atoms with Crippen molar-refractivity contribution >= 4 is 33.2 Å². The SMILES string of the molecule is Cc1cc(F)c(Br)cc1NC(=O)Cc1ccccc1N. The minimum Gasteiger partial charge on any atom is -0.398 e.